The van der Waals surface area contributed by atoms with Crippen molar-refractivity contribution in [2.24, 2.45) is 5.73 Å². The predicted molar refractivity (Wildman–Crippen MR) is 112 cm³/mol. The molecule has 2 aromatic heterocycles. The Hall–Kier alpha value is -1.64. The summed E-state index contributed by atoms with van der Waals surface area (Å²) in [5.74, 6) is 1.86. The van der Waals surface area contributed by atoms with Crippen molar-refractivity contribution in [3.05, 3.63) is 35.2 Å². The average molecular weight is 432 g/mol. The molecule has 0 bridgehead atoms. The van der Waals surface area contributed by atoms with Gasteiger partial charge >= 0.3 is 0 Å². The van der Waals surface area contributed by atoms with Crippen LogP contribution in [0, 0.1) is 0 Å². The maximum Gasteiger partial charge on any atom is 0.247 e. The molecule has 0 saturated carbocycles. The first-order valence-corrected chi connectivity index (χ1v) is 8.71. The first kappa shape index (κ1) is 21.7. The lowest BCUT2D eigenvalue weighted by atomic mass is 10.1. The van der Waals surface area contributed by atoms with Gasteiger partial charge in [0, 0.05) is 50.1 Å². The van der Waals surface area contributed by atoms with E-state index in [0.717, 1.165) is 48.5 Å². The first-order valence-electron chi connectivity index (χ1n) is 8.33. The number of benzene rings is 1. The van der Waals surface area contributed by atoms with Gasteiger partial charge in [-0.3, -0.25) is 0 Å². The maximum absolute atomic E-state index is 6.49. The van der Waals surface area contributed by atoms with Crippen LogP contribution < -0.4 is 16.0 Å². The second kappa shape index (κ2) is 9.52. The molecule has 10 heteroatoms. The van der Waals surface area contributed by atoms with Gasteiger partial charge in [0.05, 0.1) is 10.5 Å². The van der Waals surface area contributed by atoms with Gasteiger partial charge < -0.3 is 20.4 Å². The van der Waals surface area contributed by atoms with Gasteiger partial charge in [0.1, 0.15) is 5.82 Å². The number of hydrogen-bond donors (Lipinski definition) is 2. The van der Waals surface area contributed by atoms with Crippen molar-refractivity contribution in [3.63, 3.8) is 0 Å². The molecule has 27 heavy (non-hydrogen) atoms. The highest BCUT2D eigenvalue weighted by molar-refractivity contribution is 6.33. The van der Waals surface area contributed by atoms with Crippen LogP contribution in [-0.2, 0) is 6.42 Å². The van der Waals surface area contributed by atoms with E-state index in [1.165, 1.54) is 0 Å². The Morgan fingerprint density at radius 1 is 1.15 bits per heavy atom. The summed E-state index contributed by atoms with van der Waals surface area (Å²) in [6.45, 7) is 4.17. The molecule has 1 saturated heterocycles. The molecule has 1 aliphatic heterocycles. The maximum atomic E-state index is 6.49. The SMILES string of the molecule is Cl.Cl.NCCc1nnc(-c2ccc3nc(N4CCNCC4)c(Cl)cc3c2)o1. The number of nitrogens with zero attached hydrogens (tertiary/aromatic N) is 4. The minimum absolute atomic E-state index is 0. The summed E-state index contributed by atoms with van der Waals surface area (Å²) in [5.41, 5.74) is 7.25. The fraction of sp³-hybridized carbons (Fsp3) is 0.353. The Balaban J connectivity index is 0.00000131. The number of nitrogens with one attached hydrogen (secondary N) is 1. The van der Waals surface area contributed by atoms with E-state index in [9.17, 15) is 0 Å². The van der Waals surface area contributed by atoms with Gasteiger partial charge in [-0.2, -0.15) is 0 Å². The summed E-state index contributed by atoms with van der Waals surface area (Å²) in [4.78, 5) is 6.96. The molecule has 0 spiro atoms. The van der Waals surface area contributed by atoms with Gasteiger partial charge in [0.2, 0.25) is 11.8 Å². The molecule has 0 radical (unpaired) electrons. The number of piperazine rings is 1. The zero-order valence-corrected chi connectivity index (χ0v) is 16.9. The lowest BCUT2D eigenvalue weighted by Crippen LogP contribution is -2.44. The molecule has 0 amide bonds. The minimum atomic E-state index is 0. The molecular formula is C17H21Cl3N6O. The summed E-state index contributed by atoms with van der Waals surface area (Å²) in [6, 6.07) is 7.81. The zero-order valence-electron chi connectivity index (χ0n) is 14.5. The van der Waals surface area contributed by atoms with Crippen LogP contribution in [0.15, 0.2) is 28.7 Å². The molecular weight excluding hydrogens is 411 g/mol. The Kier molecular flexibility index (Phi) is 7.64. The number of pyridine rings is 1. The zero-order chi connectivity index (χ0) is 17.2. The number of nitrogens with two attached hydrogens (primary N) is 1. The van der Waals surface area contributed by atoms with Gasteiger partial charge in [-0.15, -0.1) is 35.0 Å². The third-order valence-electron chi connectivity index (χ3n) is 4.24. The molecule has 146 valence electrons. The lowest BCUT2D eigenvalue weighted by Gasteiger charge is -2.29. The van der Waals surface area contributed by atoms with E-state index in [2.05, 4.69) is 20.4 Å². The van der Waals surface area contributed by atoms with E-state index in [4.69, 9.17) is 26.7 Å². The van der Waals surface area contributed by atoms with Gasteiger partial charge in [-0.05, 0) is 24.3 Å². The summed E-state index contributed by atoms with van der Waals surface area (Å²) in [5, 5.41) is 13.0. The molecule has 7 nitrogen and oxygen atoms in total. The Labute approximate surface area is 174 Å². The Morgan fingerprint density at radius 3 is 2.67 bits per heavy atom. The Morgan fingerprint density at radius 2 is 1.93 bits per heavy atom. The lowest BCUT2D eigenvalue weighted by molar-refractivity contribution is 0.507. The van der Waals surface area contributed by atoms with Gasteiger partial charge in [0.25, 0.3) is 0 Å². The van der Waals surface area contributed by atoms with Crippen LogP contribution in [0.4, 0.5) is 5.82 Å². The molecule has 3 heterocycles. The van der Waals surface area contributed by atoms with Crippen molar-refractivity contribution in [1.29, 1.82) is 0 Å². The molecule has 3 N–H and O–H groups in total. The molecule has 0 unspecified atom stereocenters. The number of anilines is 1. The van der Waals surface area contributed by atoms with Crippen LogP contribution in [0.25, 0.3) is 22.4 Å². The second-order valence-electron chi connectivity index (χ2n) is 5.98. The normalized spacial score (nSPS) is 13.9. The highest BCUT2D eigenvalue weighted by Gasteiger charge is 2.16. The minimum Gasteiger partial charge on any atom is -0.421 e. The largest absolute Gasteiger partial charge is 0.421 e. The second-order valence-corrected chi connectivity index (χ2v) is 6.39. The fourth-order valence-corrected chi connectivity index (χ4v) is 3.25. The van der Waals surface area contributed by atoms with Crippen molar-refractivity contribution >= 4 is 53.1 Å². The monoisotopic (exact) mass is 430 g/mol. The van der Waals surface area contributed by atoms with E-state index in [-0.39, 0.29) is 24.8 Å². The van der Waals surface area contributed by atoms with Crippen LogP contribution in [-0.4, -0.2) is 47.9 Å². The first-order chi connectivity index (χ1) is 12.2. The third-order valence-corrected chi connectivity index (χ3v) is 4.52. The van der Waals surface area contributed by atoms with Crippen LogP contribution in [0.3, 0.4) is 0 Å². The van der Waals surface area contributed by atoms with E-state index in [1.54, 1.807) is 0 Å². The van der Waals surface area contributed by atoms with Crippen LogP contribution in [0.2, 0.25) is 5.02 Å². The Bertz CT molecular complexity index is 898. The van der Waals surface area contributed by atoms with Crippen LogP contribution in [0.5, 0.6) is 0 Å². The van der Waals surface area contributed by atoms with Crippen LogP contribution >= 0.6 is 36.4 Å². The topological polar surface area (TPSA) is 93.1 Å². The molecule has 0 atom stereocenters. The summed E-state index contributed by atoms with van der Waals surface area (Å²) in [7, 11) is 0. The van der Waals surface area contributed by atoms with Gasteiger partial charge in [-0.1, -0.05) is 11.6 Å². The van der Waals surface area contributed by atoms with Gasteiger partial charge in [0.15, 0.2) is 0 Å². The molecule has 1 fully saturated rings. The molecule has 0 aliphatic carbocycles. The van der Waals surface area contributed by atoms with Crippen molar-refractivity contribution in [2.45, 2.75) is 6.42 Å². The highest BCUT2D eigenvalue weighted by Crippen LogP contribution is 2.30. The number of fused-ring (bicyclic) bond motifs is 1. The fourth-order valence-electron chi connectivity index (χ4n) is 2.97. The summed E-state index contributed by atoms with van der Waals surface area (Å²) in [6.07, 6.45) is 0.571. The number of hydrogen-bond acceptors (Lipinski definition) is 7. The third kappa shape index (κ3) is 4.62. The van der Waals surface area contributed by atoms with E-state index in [0.29, 0.717) is 29.8 Å². The quantitative estimate of drug-likeness (QED) is 0.656. The van der Waals surface area contributed by atoms with Crippen molar-refractivity contribution < 1.29 is 4.42 Å². The van der Waals surface area contributed by atoms with E-state index in [1.807, 2.05) is 24.3 Å². The average Bonchev–Trinajstić information content (AvgIpc) is 3.10. The summed E-state index contributed by atoms with van der Waals surface area (Å²) >= 11 is 6.49. The van der Waals surface area contributed by atoms with Crippen molar-refractivity contribution in [3.8, 4) is 11.5 Å². The molecule has 3 aromatic rings. The van der Waals surface area contributed by atoms with Crippen LogP contribution in [0.1, 0.15) is 5.89 Å². The summed E-state index contributed by atoms with van der Waals surface area (Å²) < 4.78 is 5.64. The van der Waals surface area contributed by atoms with Gasteiger partial charge in [-0.25, -0.2) is 4.98 Å². The molecule has 4 rings (SSSR count). The standard InChI is InChI=1S/C17H19ClN6O.2ClH/c18-13-10-12-9-11(17-23-22-15(25-17)3-4-19)1-2-14(12)21-16(13)24-7-5-20-6-8-24;;/h1-2,9-10,20H,3-8,19H2;2*1H. The number of aromatic nitrogens is 3. The van der Waals surface area contributed by atoms with Crippen molar-refractivity contribution in [2.75, 3.05) is 37.6 Å². The molecule has 1 aliphatic rings. The predicted octanol–water partition coefficient (Wildman–Crippen LogP) is 2.69. The molecule has 1 aromatic carbocycles. The van der Waals surface area contributed by atoms with E-state index < -0.39 is 0 Å². The number of rotatable bonds is 4. The van der Waals surface area contributed by atoms with Crippen molar-refractivity contribution in [1.82, 2.24) is 20.5 Å². The van der Waals surface area contributed by atoms with E-state index >= 15 is 0 Å². The highest BCUT2D eigenvalue weighted by atomic mass is 35.5. The smallest absolute Gasteiger partial charge is 0.247 e. The number of halogens is 3.